The molecule has 1 aromatic rings. The number of hydrogen-bond acceptors (Lipinski definition) is 3. The summed E-state index contributed by atoms with van der Waals surface area (Å²) in [7, 11) is 0. The highest BCUT2D eigenvalue weighted by atomic mass is 16.4. The SMILES string of the molecule is CC(=O)N1CCCN(CC(C(=O)O)c2ccccc2)CC1. The van der Waals surface area contributed by atoms with Gasteiger partial charge in [-0.1, -0.05) is 30.3 Å². The van der Waals surface area contributed by atoms with Gasteiger partial charge in [-0.3, -0.25) is 9.59 Å². The van der Waals surface area contributed by atoms with E-state index >= 15 is 0 Å². The van der Waals surface area contributed by atoms with Crippen molar-refractivity contribution in [1.29, 1.82) is 0 Å². The molecule has 5 heteroatoms. The van der Waals surface area contributed by atoms with Crippen LogP contribution in [0.4, 0.5) is 0 Å². The number of rotatable bonds is 4. The maximum Gasteiger partial charge on any atom is 0.312 e. The summed E-state index contributed by atoms with van der Waals surface area (Å²) < 4.78 is 0. The van der Waals surface area contributed by atoms with Gasteiger partial charge in [0.1, 0.15) is 0 Å². The average molecular weight is 290 g/mol. The molecule has 0 saturated carbocycles. The molecule has 1 aliphatic heterocycles. The number of hydrogen-bond donors (Lipinski definition) is 1. The smallest absolute Gasteiger partial charge is 0.312 e. The van der Waals surface area contributed by atoms with Gasteiger partial charge in [0.05, 0.1) is 5.92 Å². The number of benzene rings is 1. The molecule has 0 spiro atoms. The van der Waals surface area contributed by atoms with E-state index in [1.54, 1.807) is 6.92 Å². The Morgan fingerprint density at radius 2 is 1.86 bits per heavy atom. The second-order valence-electron chi connectivity index (χ2n) is 5.46. The summed E-state index contributed by atoms with van der Waals surface area (Å²) in [6.45, 7) is 5.08. The Bertz CT molecular complexity index is 490. The molecule has 0 aromatic heterocycles. The van der Waals surface area contributed by atoms with Crippen LogP contribution in [0.5, 0.6) is 0 Å². The molecule has 1 amide bonds. The van der Waals surface area contributed by atoms with Crippen LogP contribution in [0.1, 0.15) is 24.8 Å². The Hall–Kier alpha value is -1.88. The molecule has 21 heavy (non-hydrogen) atoms. The zero-order valence-corrected chi connectivity index (χ0v) is 12.4. The van der Waals surface area contributed by atoms with E-state index in [-0.39, 0.29) is 5.91 Å². The number of nitrogens with zero attached hydrogens (tertiary/aromatic N) is 2. The van der Waals surface area contributed by atoms with Gasteiger partial charge in [-0.25, -0.2) is 0 Å². The molecule has 1 unspecified atom stereocenters. The summed E-state index contributed by atoms with van der Waals surface area (Å²) in [6.07, 6.45) is 0.890. The maximum absolute atomic E-state index is 11.5. The van der Waals surface area contributed by atoms with Gasteiger partial charge in [0.25, 0.3) is 0 Å². The predicted molar refractivity (Wildman–Crippen MR) is 80.1 cm³/mol. The van der Waals surface area contributed by atoms with Crippen LogP contribution in [0.2, 0.25) is 0 Å². The summed E-state index contributed by atoms with van der Waals surface area (Å²) in [6, 6.07) is 9.34. The summed E-state index contributed by atoms with van der Waals surface area (Å²) in [5, 5.41) is 9.48. The standard InChI is InChI=1S/C16H22N2O3/c1-13(19)18-9-5-8-17(10-11-18)12-15(16(20)21)14-6-3-2-4-7-14/h2-4,6-7,15H,5,8-12H2,1H3,(H,20,21). The van der Waals surface area contributed by atoms with Crippen LogP contribution in [0.3, 0.4) is 0 Å². The van der Waals surface area contributed by atoms with E-state index in [1.807, 2.05) is 35.2 Å². The lowest BCUT2D eigenvalue weighted by Gasteiger charge is -2.24. The fourth-order valence-electron chi connectivity index (χ4n) is 2.74. The van der Waals surface area contributed by atoms with Gasteiger partial charge in [0.2, 0.25) is 5.91 Å². The predicted octanol–water partition coefficient (Wildman–Crippen LogP) is 1.41. The van der Waals surface area contributed by atoms with Crippen molar-refractivity contribution in [2.24, 2.45) is 0 Å². The molecule has 1 heterocycles. The first-order chi connectivity index (χ1) is 10.1. The third-order valence-corrected chi connectivity index (χ3v) is 3.97. The molecule has 1 aromatic carbocycles. The zero-order chi connectivity index (χ0) is 15.2. The van der Waals surface area contributed by atoms with E-state index in [2.05, 4.69) is 4.90 Å². The molecule has 1 fully saturated rings. The van der Waals surface area contributed by atoms with E-state index in [4.69, 9.17) is 0 Å². The van der Waals surface area contributed by atoms with Crippen LogP contribution in [0.25, 0.3) is 0 Å². The molecule has 2 rings (SSSR count). The summed E-state index contributed by atoms with van der Waals surface area (Å²) in [5.41, 5.74) is 0.831. The minimum atomic E-state index is -0.797. The van der Waals surface area contributed by atoms with Crippen LogP contribution in [0, 0.1) is 0 Å². The number of carboxylic acid groups (broad SMARTS) is 1. The van der Waals surface area contributed by atoms with Crippen LogP contribution < -0.4 is 0 Å². The van der Waals surface area contributed by atoms with Crippen LogP contribution >= 0.6 is 0 Å². The summed E-state index contributed by atoms with van der Waals surface area (Å²) in [4.78, 5) is 26.9. The van der Waals surface area contributed by atoms with Crippen molar-refractivity contribution in [1.82, 2.24) is 9.80 Å². The average Bonchev–Trinajstić information content (AvgIpc) is 2.71. The third-order valence-electron chi connectivity index (χ3n) is 3.97. The van der Waals surface area contributed by atoms with E-state index in [9.17, 15) is 14.7 Å². The molecule has 1 aliphatic rings. The zero-order valence-electron chi connectivity index (χ0n) is 12.4. The number of carboxylic acids is 1. The molecule has 1 atom stereocenters. The van der Waals surface area contributed by atoms with Gasteiger partial charge in [0.15, 0.2) is 0 Å². The first-order valence-corrected chi connectivity index (χ1v) is 7.33. The highest BCUT2D eigenvalue weighted by Crippen LogP contribution is 2.18. The lowest BCUT2D eigenvalue weighted by Crippen LogP contribution is -2.36. The number of amides is 1. The van der Waals surface area contributed by atoms with Gasteiger partial charge in [0, 0.05) is 33.1 Å². The normalized spacial score (nSPS) is 18.0. The van der Waals surface area contributed by atoms with Crippen molar-refractivity contribution < 1.29 is 14.7 Å². The Labute approximate surface area is 125 Å². The molecule has 1 saturated heterocycles. The first-order valence-electron chi connectivity index (χ1n) is 7.33. The molecule has 0 aliphatic carbocycles. The fraction of sp³-hybridized carbons (Fsp3) is 0.500. The second kappa shape index (κ2) is 7.22. The molecule has 1 N–H and O–H groups in total. The lowest BCUT2D eigenvalue weighted by atomic mass is 9.98. The Morgan fingerprint density at radius 1 is 1.14 bits per heavy atom. The molecule has 0 bridgehead atoms. The Kier molecular flexibility index (Phi) is 5.33. The Morgan fingerprint density at radius 3 is 2.48 bits per heavy atom. The van der Waals surface area contributed by atoms with Gasteiger partial charge < -0.3 is 14.9 Å². The highest BCUT2D eigenvalue weighted by Gasteiger charge is 2.24. The molecular weight excluding hydrogens is 268 g/mol. The van der Waals surface area contributed by atoms with E-state index < -0.39 is 11.9 Å². The van der Waals surface area contributed by atoms with E-state index in [0.29, 0.717) is 13.1 Å². The molecule has 114 valence electrons. The summed E-state index contributed by atoms with van der Waals surface area (Å²) in [5.74, 6) is -1.22. The highest BCUT2D eigenvalue weighted by molar-refractivity contribution is 5.76. The minimum absolute atomic E-state index is 0.0923. The molecule has 0 radical (unpaired) electrons. The van der Waals surface area contributed by atoms with Crippen molar-refractivity contribution in [3.63, 3.8) is 0 Å². The number of aliphatic carboxylic acids is 1. The van der Waals surface area contributed by atoms with Crippen molar-refractivity contribution in [3.8, 4) is 0 Å². The van der Waals surface area contributed by atoms with E-state index in [1.165, 1.54) is 0 Å². The number of carbonyl (C=O) groups is 2. The topological polar surface area (TPSA) is 60.9 Å². The van der Waals surface area contributed by atoms with Gasteiger partial charge in [-0.15, -0.1) is 0 Å². The number of carbonyl (C=O) groups excluding carboxylic acids is 1. The van der Waals surface area contributed by atoms with Crippen LogP contribution in [-0.2, 0) is 9.59 Å². The van der Waals surface area contributed by atoms with Crippen molar-refractivity contribution in [2.45, 2.75) is 19.3 Å². The van der Waals surface area contributed by atoms with Crippen LogP contribution in [-0.4, -0.2) is 59.5 Å². The van der Waals surface area contributed by atoms with Gasteiger partial charge in [-0.2, -0.15) is 0 Å². The van der Waals surface area contributed by atoms with Crippen molar-refractivity contribution in [3.05, 3.63) is 35.9 Å². The van der Waals surface area contributed by atoms with Gasteiger partial charge >= 0.3 is 5.97 Å². The van der Waals surface area contributed by atoms with Crippen molar-refractivity contribution in [2.75, 3.05) is 32.7 Å². The third kappa shape index (κ3) is 4.29. The largest absolute Gasteiger partial charge is 0.481 e. The van der Waals surface area contributed by atoms with Crippen LogP contribution in [0.15, 0.2) is 30.3 Å². The monoisotopic (exact) mass is 290 g/mol. The van der Waals surface area contributed by atoms with Crippen molar-refractivity contribution >= 4 is 11.9 Å². The fourth-order valence-corrected chi connectivity index (χ4v) is 2.74. The van der Waals surface area contributed by atoms with E-state index in [0.717, 1.165) is 31.6 Å². The summed E-state index contributed by atoms with van der Waals surface area (Å²) >= 11 is 0. The Balaban J connectivity index is 2.01. The van der Waals surface area contributed by atoms with Gasteiger partial charge in [-0.05, 0) is 18.5 Å². The quantitative estimate of drug-likeness (QED) is 0.911. The lowest BCUT2D eigenvalue weighted by molar-refractivity contribution is -0.139. The minimum Gasteiger partial charge on any atom is -0.481 e. The first kappa shape index (κ1) is 15.5. The maximum atomic E-state index is 11.5. The molecule has 5 nitrogen and oxygen atoms in total. The molecular formula is C16H22N2O3. The second-order valence-corrected chi connectivity index (χ2v) is 5.46.